The number of amides is 1. The largest absolute Gasteiger partial charge is 0.310 e. The molecule has 0 aliphatic heterocycles. The number of nitrogens with one attached hydrogen (secondary N) is 1. The van der Waals surface area contributed by atoms with Crippen LogP contribution in [0.2, 0.25) is 0 Å². The second kappa shape index (κ2) is 7.52. The van der Waals surface area contributed by atoms with Crippen LogP contribution in [0, 0.1) is 0 Å². The van der Waals surface area contributed by atoms with E-state index in [-0.39, 0.29) is 12.3 Å². The fourth-order valence-electron chi connectivity index (χ4n) is 2.50. The zero-order chi connectivity index (χ0) is 18.5. The number of aromatic nitrogens is 6. The first kappa shape index (κ1) is 16.5. The molecule has 0 aliphatic carbocycles. The zero-order valence-corrected chi connectivity index (χ0v) is 14.2. The monoisotopic (exact) mass is 357 g/mol. The third-order valence-electron chi connectivity index (χ3n) is 3.70. The highest BCUT2D eigenvalue weighted by Gasteiger charge is 2.12. The van der Waals surface area contributed by atoms with E-state index in [2.05, 4.69) is 30.4 Å². The molecule has 8 nitrogen and oxygen atoms in total. The molecule has 4 heterocycles. The smallest absolute Gasteiger partial charge is 0.230 e. The van der Waals surface area contributed by atoms with Gasteiger partial charge >= 0.3 is 0 Å². The molecule has 0 atom stereocenters. The van der Waals surface area contributed by atoms with Gasteiger partial charge in [-0.2, -0.15) is 5.10 Å². The summed E-state index contributed by atoms with van der Waals surface area (Å²) in [6, 6.07) is 12.6. The van der Waals surface area contributed by atoms with Crippen molar-refractivity contribution >= 4 is 11.7 Å². The van der Waals surface area contributed by atoms with Crippen LogP contribution in [0.25, 0.3) is 17.3 Å². The van der Waals surface area contributed by atoms with Gasteiger partial charge in [0.15, 0.2) is 11.6 Å². The van der Waals surface area contributed by atoms with Gasteiger partial charge < -0.3 is 5.32 Å². The van der Waals surface area contributed by atoms with E-state index in [0.29, 0.717) is 23.2 Å². The molecule has 0 unspecified atom stereocenters. The summed E-state index contributed by atoms with van der Waals surface area (Å²) >= 11 is 0. The molecule has 4 rings (SSSR count). The maximum atomic E-state index is 12.4. The standard InChI is InChI=1S/C19H15N7O/c27-18(11-14-5-3-7-20-13-14)23-16-12-17(26-10-4-9-22-26)25-19(24-16)15-6-1-2-8-21-15/h1-10,12-13H,11H2,(H,23,24,25,27). The number of hydrogen-bond acceptors (Lipinski definition) is 6. The molecule has 0 aliphatic rings. The first-order valence-corrected chi connectivity index (χ1v) is 8.27. The Hall–Kier alpha value is -3.94. The Labute approximate surface area is 155 Å². The molecular formula is C19H15N7O. The van der Waals surface area contributed by atoms with Crippen LogP contribution >= 0.6 is 0 Å². The number of carbonyl (C=O) groups is 1. The van der Waals surface area contributed by atoms with E-state index in [0.717, 1.165) is 5.56 Å². The Kier molecular flexibility index (Phi) is 4.60. The molecule has 0 fully saturated rings. The van der Waals surface area contributed by atoms with Crippen LogP contribution in [-0.4, -0.2) is 35.6 Å². The van der Waals surface area contributed by atoms with Gasteiger partial charge in [-0.15, -0.1) is 0 Å². The maximum absolute atomic E-state index is 12.4. The van der Waals surface area contributed by atoms with Gasteiger partial charge in [0.1, 0.15) is 11.5 Å². The molecule has 27 heavy (non-hydrogen) atoms. The van der Waals surface area contributed by atoms with Crippen molar-refractivity contribution in [3.8, 4) is 17.3 Å². The molecule has 1 amide bonds. The average Bonchev–Trinajstić information content (AvgIpc) is 3.24. The summed E-state index contributed by atoms with van der Waals surface area (Å²) in [5.41, 5.74) is 1.43. The lowest BCUT2D eigenvalue weighted by Gasteiger charge is -2.09. The summed E-state index contributed by atoms with van der Waals surface area (Å²) in [5.74, 6) is 1.12. The van der Waals surface area contributed by atoms with E-state index in [9.17, 15) is 4.79 Å². The molecule has 8 heteroatoms. The lowest BCUT2D eigenvalue weighted by atomic mass is 10.2. The molecule has 4 aromatic heterocycles. The number of anilines is 1. The highest BCUT2D eigenvalue weighted by molar-refractivity contribution is 5.91. The minimum atomic E-state index is -0.194. The van der Waals surface area contributed by atoms with Gasteiger partial charge in [-0.05, 0) is 29.8 Å². The van der Waals surface area contributed by atoms with E-state index in [4.69, 9.17) is 0 Å². The second-order valence-electron chi connectivity index (χ2n) is 5.69. The Balaban J connectivity index is 1.65. The van der Waals surface area contributed by atoms with Crippen molar-refractivity contribution in [2.24, 2.45) is 0 Å². The molecule has 4 aromatic rings. The predicted molar refractivity (Wildman–Crippen MR) is 99.0 cm³/mol. The quantitative estimate of drug-likeness (QED) is 0.588. The van der Waals surface area contributed by atoms with Gasteiger partial charge in [0.2, 0.25) is 5.91 Å². The van der Waals surface area contributed by atoms with E-state index in [1.807, 2.05) is 24.3 Å². The molecular weight excluding hydrogens is 342 g/mol. The Morgan fingerprint density at radius 2 is 2.00 bits per heavy atom. The van der Waals surface area contributed by atoms with Crippen LogP contribution in [0.3, 0.4) is 0 Å². The molecule has 0 radical (unpaired) electrons. The van der Waals surface area contributed by atoms with Crippen LogP contribution < -0.4 is 5.32 Å². The summed E-state index contributed by atoms with van der Waals surface area (Å²) in [6.07, 6.45) is 8.62. The van der Waals surface area contributed by atoms with Crippen molar-refractivity contribution in [1.29, 1.82) is 0 Å². The molecule has 0 saturated carbocycles. The first-order valence-electron chi connectivity index (χ1n) is 8.27. The van der Waals surface area contributed by atoms with Crippen molar-refractivity contribution in [2.45, 2.75) is 6.42 Å². The molecule has 0 aromatic carbocycles. The summed E-state index contributed by atoms with van der Waals surface area (Å²) in [7, 11) is 0. The van der Waals surface area contributed by atoms with Crippen molar-refractivity contribution in [2.75, 3.05) is 5.32 Å². The van der Waals surface area contributed by atoms with E-state index >= 15 is 0 Å². The molecule has 0 saturated heterocycles. The topological polar surface area (TPSA) is 98.5 Å². The summed E-state index contributed by atoms with van der Waals surface area (Å²) in [5, 5.41) is 7.01. The van der Waals surface area contributed by atoms with E-state index in [1.54, 1.807) is 53.9 Å². The maximum Gasteiger partial charge on any atom is 0.230 e. The second-order valence-corrected chi connectivity index (χ2v) is 5.69. The number of rotatable bonds is 5. The SMILES string of the molecule is O=C(Cc1cccnc1)Nc1cc(-n2cccn2)nc(-c2ccccn2)n1. The van der Waals surface area contributed by atoms with Gasteiger partial charge in [-0.3, -0.25) is 14.8 Å². The first-order chi connectivity index (χ1) is 13.3. The fourth-order valence-corrected chi connectivity index (χ4v) is 2.50. The third-order valence-corrected chi connectivity index (χ3v) is 3.70. The van der Waals surface area contributed by atoms with Crippen LogP contribution in [0.1, 0.15) is 5.56 Å². The summed E-state index contributed by atoms with van der Waals surface area (Å²) in [4.78, 5) is 29.6. The van der Waals surface area contributed by atoms with Crippen molar-refractivity contribution in [3.63, 3.8) is 0 Å². The lowest BCUT2D eigenvalue weighted by Crippen LogP contribution is -2.16. The predicted octanol–water partition coefficient (Wildman–Crippen LogP) is 2.30. The van der Waals surface area contributed by atoms with Gasteiger partial charge in [0, 0.05) is 37.1 Å². The average molecular weight is 357 g/mol. The lowest BCUT2D eigenvalue weighted by molar-refractivity contribution is -0.115. The van der Waals surface area contributed by atoms with Gasteiger partial charge in [-0.1, -0.05) is 12.1 Å². The Morgan fingerprint density at radius 3 is 2.74 bits per heavy atom. The minimum absolute atomic E-state index is 0.194. The zero-order valence-electron chi connectivity index (χ0n) is 14.2. The van der Waals surface area contributed by atoms with Crippen LogP contribution in [0.5, 0.6) is 0 Å². The van der Waals surface area contributed by atoms with Crippen molar-refractivity contribution < 1.29 is 4.79 Å². The molecule has 1 N–H and O–H groups in total. The number of carbonyl (C=O) groups excluding carboxylic acids is 1. The van der Waals surface area contributed by atoms with Crippen molar-refractivity contribution in [1.82, 2.24) is 29.7 Å². The summed E-state index contributed by atoms with van der Waals surface area (Å²) in [6.45, 7) is 0. The Morgan fingerprint density at radius 1 is 1.04 bits per heavy atom. The highest BCUT2D eigenvalue weighted by atomic mass is 16.1. The molecule has 132 valence electrons. The van der Waals surface area contributed by atoms with Gasteiger partial charge in [-0.25, -0.2) is 14.6 Å². The summed E-state index contributed by atoms with van der Waals surface area (Å²) < 4.78 is 1.60. The van der Waals surface area contributed by atoms with Gasteiger partial charge in [0.25, 0.3) is 0 Å². The van der Waals surface area contributed by atoms with Crippen LogP contribution in [0.4, 0.5) is 5.82 Å². The molecule has 0 spiro atoms. The number of pyridine rings is 2. The van der Waals surface area contributed by atoms with Gasteiger partial charge in [0.05, 0.1) is 6.42 Å². The van der Waals surface area contributed by atoms with Crippen LogP contribution in [-0.2, 0) is 11.2 Å². The Bertz CT molecular complexity index is 1030. The minimum Gasteiger partial charge on any atom is -0.310 e. The fraction of sp³-hybridized carbons (Fsp3) is 0.0526. The highest BCUT2D eigenvalue weighted by Crippen LogP contribution is 2.18. The molecule has 0 bridgehead atoms. The van der Waals surface area contributed by atoms with Crippen LogP contribution in [0.15, 0.2) is 73.4 Å². The van der Waals surface area contributed by atoms with E-state index < -0.39 is 0 Å². The number of hydrogen-bond donors (Lipinski definition) is 1. The van der Waals surface area contributed by atoms with Crippen molar-refractivity contribution in [3.05, 3.63) is 79.0 Å². The third kappa shape index (κ3) is 4.01. The van der Waals surface area contributed by atoms with E-state index in [1.165, 1.54) is 0 Å². The number of nitrogens with zero attached hydrogens (tertiary/aromatic N) is 6. The normalized spacial score (nSPS) is 10.5.